The van der Waals surface area contributed by atoms with Gasteiger partial charge in [0.25, 0.3) is 0 Å². The van der Waals surface area contributed by atoms with E-state index in [0.29, 0.717) is 26.3 Å². The summed E-state index contributed by atoms with van der Waals surface area (Å²) < 4.78 is 5.15. The van der Waals surface area contributed by atoms with E-state index in [1.165, 1.54) is 0 Å². The molecule has 15 heavy (non-hydrogen) atoms. The Bertz CT molecular complexity index is 245. The van der Waals surface area contributed by atoms with Crippen LogP contribution in [0.1, 0.15) is 13.3 Å². The van der Waals surface area contributed by atoms with Crippen LogP contribution in [0.2, 0.25) is 0 Å². The van der Waals surface area contributed by atoms with Crippen LogP contribution in [0.15, 0.2) is 0 Å². The Hall–Kier alpha value is -1.14. The quantitative estimate of drug-likeness (QED) is 0.263. The summed E-state index contributed by atoms with van der Waals surface area (Å²) in [6.07, 6.45) is 0.245. The molecule has 0 aromatic rings. The van der Waals surface area contributed by atoms with E-state index in [1.54, 1.807) is 4.90 Å². The highest BCUT2D eigenvalue weighted by Gasteiger charge is 2.33. The lowest BCUT2D eigenvalue weighted by atomic mass is 10.1. The SMILES string of the molecule is CCOCCN1C[C@@H](C(=O)NN)CC1=O. The lowest BCUT2D eigenvalue weighted by molar-refractivity contribution is -0.129. The molecule has 1 rings (SSSR count). The van der Waals surface area contributed by atoms with Gasteiger partial charge in [-0.15, -0.1) is 0 Å². The monoisotopic (exact) mass is 215 g/mol. The van der Waals surface area contributed by atoms with E-state index in [4.69, 9.17) is 10.6 Å². The van der Waals surface area contributed by atoms with Gasteiger partial charge >= 0.3 is 0 Å². The first kappa shape index (κ1) is 11.9. The second-order valence-corrected chi connectivity index (χ2v) is 3.45. The maximum atomic E-state index is 11.4. The molecule has 0 spiro atoms. The van der Waals surface area contributed by atoms with Gasteiger partial charge < -0.3 is 9.64 Å². The Morgan fingerprint density at radius 2 is 2.47 bits per heavy atom. The minimum Gasteiger partial charge on any atom is -0.380 e. The lowest BCUT2D eigenvalue weighted by Crippen LogP contribution is -2.37. The number of rotatable bonds is 5. The summed E-state index contributed by atoms with van der Waals surface area (Å²) in [5.74, 6) is 4.41. The van der Waals surface area contributed by atoms with E-state index in [-0.39, 0.29) is 24.2 Å². The minimum atomic E-state index is -0.316. The topological polar surface area (TPSA) is 84.7 Å². The predicted octanol–water partition coefficient (Wildman–Crippen LogP) is -1.14. The maximum Gasteiger partial charge on any atom is 0.239 e. The molecule has 0 saturated carbocycles. The standard InChI is InChI=1S/C9H17N3O3/c1-2-15-4-3-12-6-7(5-8(12)13)9(14)11-10/h7H,2-6,10H2,1H3,(H,11,14)/t7-/m0/s1. The second-order valence-electron chi connectivity index (χ2n) is 3.45. The normalized spacial score (nSPS) is 20.8. The van der Waals surface area contributed by atoms with Crippen LogP contribution in [0.3, 0.4) is 0 Å². The molecular formula is C9H17N3O3. The summed E-state index contributed by atoms with van der Waals surface area (Å²) in [5, 5.41) is 0. The summed E-state index contributed by atoms with van der Waals surface area (Å²) in [4.78, 5) is 24.3. The van der Waals surface area contributed by atoms with Gasteiger partial charge in [-0.3, -0.25) is 15.0 Å². The predicted molar refractivity (Wildman–Crippen MR) is 53.5 cm³/mol. The Balaban J connectivity index is 2.35. The number of hydrogen-bond donors (Lipinski definition) is 2. The number of hydrogen-bond acceptors (Lipinski definition) is 4. The van der Waals surface area contributed by atoms with Gasteiger partial charge in [0.1, 0.15) is 0 Å². The largest absolute Gasteiger partial charge is 0.380 e. The van der Waals surface area contributed by atoms with Crippen molar-refractivity contribution in [3.8, 4) is 0 Å². The van der Waals surface area contributed by atoms with Crippen LogP contribution in [0.5, 0.6) is 0 Å². The number of likely N-dealkylation sites (tertiary alicyclic amines) is 1. The van der Waals surface area contributed by atoms with Crippen LogP contribution in [0.4, 0.5) is 0 Å². The Morgan fingerprint density at radius 3 is 3.07 bits per heavy atom. The van der Waals surface area contributed by atoms with E-state index in [9.17, 15) is 9.59 Å². The highest BCUT2D eigenvalue weighted by atomic mass is 16.5. The molecule has 1 aliphatic heterocycles. The summed E-state index contributed by atoms with van der Waals surface area (Å²) in [6.45, 7) is 4.03. The fraction of sp³-hybridized carbons (Fsp3) is 0.778. The first-order valence-corrected chi connectivity index (χ1v) is 5.05. The van der Waals surface area contributed by atoms with E-state index >= 15 is 0 Å². The van der Waals surface area contributed by atoms with Crippen LogP contribution in [0, 0.1) is 5.92 Å². The van der Waals surface area contributed by atoms with Gasteiger partial charge in [-0.1, -0.05) is 0 Å². The van der Waals surface area contributed by atoms with Crippen molar-refractivity contribution < 1.29 is 14.3 Å². The smallest absolute Gasteiger partial charge is 0.239 e. The van der Waals surface area contributed by atoms with Gasteiger partial charge in [0, 0.05) is 26.1 Å². The van der Waals surface area contributed by atoms with Gasteiger partial charge in [-0.25, -0.2) is 5.84 Å². The highest BCUT2D eigenvalue weighted by molar-refractivity contribution is 5.88. The van der Waals surface area contributed by atoms with Crippen LogP contribution >= 0.6 is 0 Å². The second kappa shape index (κ2) is 5.67. The number of nitrogens with zero attached hydrogens (tertiary/aromatic N) is 1. The Kier molecular flexibility index (Phi) is 4.51. The van der Waals surface area contributed by atoms with Crippen LogP contribution < -0.4 is 11.3 Å². The molecule has 1 atom stereocenters. The van der Waals surface area contributed by atoms with Gasteiger partial charge in [-0.2, -0.15) is 0 Å². The molecule has 2 amide bonds. The van der Waals surface area contributed by atoms with Gasteiger partial charge in [0.2, 0.25) is 11.8 Å². The van der Waals surface area contributed by atoms with Crippen molar-refractivity contribution in [2.24, 2.45) is 11.8 Å². The van der Waals surface area contributed by atoms with Gasteiger partial charge in [0.05, 0.1) is 12.5 Å². The van der Waals surface area contributed by atoms with Crippen LogP contribution in [-0.2, 0) is 14.3 Å². The molecular weight excluding hydrogens is 198 g/mol. The zero-order valence-electron chi connectivity index (χ0n) is 8.86. The average molecular weight is 215 g/mol. The van der Waals surface area contributed by atoms with Gasteiger partial charge in [0.15, 0.2) is 0 Å². The summed E-state index contributed by atoms with van der Waals surface area (Å²) in [6, 6.07) is 0. The first-order chi connectivity index (χ1) is 7.19. The fourth-order valence-corrected chi connectivity index (χ4v) is 1.60. The number of hydrazine groups is 1. The molecule has 0 aliphatic carbocycles. The first-order valence-electron chi connectivity index (χ1n) is 5.05. The van der Waals surface area contributed by atoms with E-state index < -0.39 is 0 Å². The molecule has 0 bridgehead atoms. The molecule has 0 aromatic heterocycles. The molecule has 1 aliphatic rings. The van der Waals surface area contributed by atoms with Gasteiger partial charge in [-0.05, 0) is 6.92 Å². The third kappa shape index (κ3) is 3.17. The van der Waals surface area contributed by atoms with Crippen LogP contribution in [0.25, 0.3) is 0 Å². The van der Waals surface area contributed by atoms with Crippen LogP contribution in [-0.4, -0.2) is 43.0 Å². The zero-order chi connectivity index (χ0) is 11.3. The fourth-order valence-electron chi connectivity index (χ4n) is 1.60. The number of carbonyl (C=O) groups is 2. The molecule has 6 nitrogen and oxygen atoms in total. The minimum absolute atomic E-state index is 0.0108. The van der Waals surface area contributed by atoms with Crippen molar-refractivity contribution in [1.82, 2.24) is 10.3 Å². The summed E-state index contributed by atoms with van der Waals surface area (Å²) in [5.41, 5.74) is 2.07. The molecule has 3 N–H and O–H groups in total. The molecule has 6 heteroatoms. The van der Waals surface area contributed by atoms with Crippen molar-refractivity contribution in [2.45, 2.75) is 13.3 Å². The molecule has 0 aromatic carbocycles. The number of carbonyl (C=O) groups excluding carboxylic acids is 2. The number of ether oxygens (including phenoxy) is 1. The zero-order valence-corrected chi connectivity index (χ0v) is 8.86. The number of amides is 2. The number of nitrogens with one attached hydrogen (secondary N) is 1. The van der Waals surface area contributed by atoms with Crippen molar-refractivity contribution >= 4 is 11.8 Å². The van der Waals surface area contributed by atoms with Crippen molar-refractivity contribution in [1.29, 1.82) is 0 Å². The van der Waals surface area contributed by atoms with Crippen molar-refractivity contribution in [2.75, 3.05) is 26.3 Å². The third-order valence-corrected chi connectivity index (χ3v) is 2.44. The number of nitrogens with two attached hydrogens (primary N) is 1. The Morgan fingerprint density at radius 1 is 1.73 bits per heavy atom. The molecule has 86 valence electrons. The van der Waals surface area contributed by atoms with Crippen molar-refractivity contribution in [3.63, 3.8) is 0 Å². The van der Waals surface area contributed by atoms with E-state index in [1.807, 2.05) is 6.92 Å². The maximum absolute atomic E-state index is 11.4. The van der Waals surface area contributed by atoms with Crippen molar-refractivity contribution in [3.05, 3.63) is 0 Å². The average Bonchev–Trinajstić information content (AvgIpc) is 2.60. The molecule has 0 radical (unpaired) electrons. The summed E-state index contributed by atoms with van der Waals surface area (Å²) >= 11 is 0. The van der Waals surface area contributed by atoms with E-state index in [2.05, 4.69) is 5.43 Å². The molecule has 1 heterocycles. The lowest BCUT2D eigenvalue weighted by Gasteiger charge is -2.15. The third-order valence-electron chi connectivity index (χ3n) is 2.44. The molecule has 1 fully saturated rings. The molecule has 1 saturated heterocycles. The Labute approximate surface area is 88.7 Å². The highest BCUT2D eigenvalue weighted by Crippen LogP contribution is 2.17. The summed E-state index contributed by atoms with van der Waals surface area (Å²) in [7, 11) is 0. The van der Waals surface area contributed by atoms with E-state index in [0.717, 1.165) is 0 Å². The molecule has 0 unspecified atom stereocenters.